The highest BCUT2D eigenvalue weighted by atomic mass is 32.2. The molecule has 1 saturated heterocycles. The number of carbonyl (C=O) groups excluding carboxylic acids is 2. The van der Waals surface area contributed by atoms with Gasteiger partial charge in [0.15, 0.2) is 0 Å². The van der Waals surface area contributed by atoms with Crippen LogP contribution < -0.4 is 5.32 Å². The van der Waals surface area contributed by atoms with Crippen molar-refractivity contribution in [1.82, 2.24) is 19.0 Å². The molecule has 2 heterocycles. The Kier molecular flexibility index (Phi) is 6.54. The molecule has 1 N–H and O–H groups in total. The van der Waals surface area contributed by atoms with Gasteiger partial charge in [0, 0.05) is 44.4 Å². The second-order valence-corrected chi connectivity index (χ2v) is 10.2. The fourth-order valence-corrected chi connectivity index (χ4v) is 5.42. The summed E-state index contributed by atoms with van der Waals surface area (Å²) in [5.41, 5.74) is 3.49. The molecule has 2 amide bonds. The van der Waals surface area contributed by atoms with Crippen LogP contribution in [-0.4, -0.2) is 65.4 Å². The molecule has 4 rings (SSSR count). The lowest BCUT2D eigenvalue weighted by Crippen LogP contribution is -2.49. The minimum absolute atomic E-state index is 0.0631. The monoisotopic (exact) mass is 481 g/mol. The Labute approximate surface area is 199 Å². The Bertz CT molecular complexity index is 1320. The van der Waals surface area contributed by atoms with Crippen LogP contribution in [0.5, 0.6) is 0 Å². The lowest BCUT2D eigenvalue weighted by atomic mass is 10.2. The third-order valence-corrected chi connectivity index (χ3v) is 7.74. The van der Waals surface area contributed by atoms with E-state index in [0.717, 1.165) is 17.1 Å². The van der Waals surface area contributed by atoms with Crippen molar-refractivity contribution in [2.75, 3.05) is 31.5 Å². The molecule has 0 unspecified atom stereocenters. The van der Waals surface area contributed by atoms with E-state index in [0.29, 0.717) is 24.3 Å². The van der Waals surface area contributed by atoms with Crippen molar-refractivity contribution in [2.24, 2.45) is 0 Å². The van der Waals surface area contributed by atoms with E-state index in [1.54, 1.807) is 15.6 Å². The molecule has 2 aromatic carbocycles. The van der Waals surface area contributed by atoms with E-state index in [2.05, 4.69) is 10.4 Å². The lowest BCUT2D eigenvalue weighted by Gasteiger charge is -2.33. The molecule has 1 aliphatic rings. The highest BCUT2D eigenvalue weighted by Gasteiger charge is 2.29. The van der Waals surface area contributed by atoms with E-state index in [-0.39, 0.29) is 29.8 Å². The van der Waals surface area contributed by atoms with Crippen LogP contribution in [0.1, 0.15) is 28.7 Å². The number of nitrogens with zero attached hydrogens (tertiary/aromatic N) is 4. The molecule has 1 fully saturated rings. The zero-order valence-electron chi connectivity index (χ0n) is 19.4. The first-order valence-electron chi connectivity index (χ1n) is 11.0. The van der Waals surface area contributed by atoms with E-state index in [4.69, 9.17) is 0 Å². The summed E-state index contributed by atoms with van der Waals surface area (Å²) in [6.07, 6.45) is 0. The summed E-state index contributed by atoms with van der Waals surface area (Å²) in [6.45, 7) is 6.54. The van der Waals surface area contributed by atoms with Crippen LogP contribution in [-0.2, 0) is 14.8 Å². The smallest absolute Gasteiger partial charge is 0.255 e. The minimum atomic E-state index is -3.71. The van der Waals surface area contributed by atoms with Gasteiger partial charge in [-0.25, -0.2) is 13.1 Å². The molecule has 0 spiro atoms. The number of carbonyl (C=O) groups is 2. The number of aromatic nitrogens is 2. The number of rotatable bonds is 5. The van der Waals surface area contributed by atoms with Crippen LogP contribution >= 0.6 is 0 Å². The van der Waals surface area contributed by atoms with Crippen molar-refractivity contribution in [3.05, 3.63) is 71.5 Å². The van der Waals surface area contributed by atoms with Crippen molar-refractivity contribution in [2.45, 2.75) is 25.7 Å². The summed E-state index contributed by atoms with van der Waals surface area (Å²) < 4.78 is 29.1. The second-order valence-electron chi connectivity index (χ2n) is 8.24. The summed E-state index contributed by atoms with van der Waals surface area (Å²) in [7, 11) is -3.71. The van der Waals surface area contributed by atoms with E-state index in [1.807, 2.05) is 38.1 Å². The lowest BCUT2D eigenvalue weighted by molar-refractivity contribution is -0.129. The molecule has 0 aliphatic carbocycles. The van der Waals surface area contributed by atoms with Crippen molar-refractivity contribution < 1.29 is 18.0 Å². The quantitative estimate of drug-likeness (QED) is 0.603. The Morgan fingerprint density at radius 3 is 2.18 bits per heavy atom. The zero-order chi connectivity index (χ0) is 24.5. The Morgan fingerprint density at radius 2 is 1.59 bits per heavy atom. The van der Waals surface area contributed by atoms with Crippen molar-refractivity contribution >= 4 is 27.5 Å². The van der Waals surface area contributed by atoms with Crippen LogP contribution in [0.2, 0.25) is 0 Å². The SMILES string of the molecule is CC(=O)N1CCN(S(=O)(=O)c2ccc(C(=O)Nc3ccccc3-n3nc(C)cc3C)cc2)CC1. The van der Waals surface area contributed by atoms with Gasteiger partial charge >= 0.3 is 0 Å². The number of nitrogens with one attached hydrogen (secondary N) is 1. The Hall–Kier alpha value is -3.50. The van der Waals surface area contributed by atoms with E-state index in [1.165, 1.54) is 35.5 Å². The van der Waals surface area contributed by atoms with Crippen LogP contribution in [0.15, 0.2) is 59.5 Å². The number of anilines is 1. The molecule has 1 aromatic heterocycles. The maximum absolute atomic E-state index is 13.0. The number of benzene rings is 2. The number of sulfonamides is 1. The first-order valence-corrected chi connectivity index (χ1v) is 12.4. The molecule has 178 valence electrons. The fourth-order valence-electron chi connectivity index (χ4n) is 4.00. The highest BCUT2D eigenvalue weighted by Crippen LogP contribution is 2.23. The third kappa shape index (κ3) is 4.73. The normalized spacial score (nSPS) is 14.7. The average Bonchev–Trinajstić information content (AvgIpc) is 3.17. The van der Waals surface area contributed by atoms with Gasteiger partial charge in [-0.3, -0.25) is 9.59 Å². The topological polar surface area (TPSA) is 105 Å². The molecule has 0 atom stereocenters. The zero-order valence-corrected chi connectivity index (χ0v) is 20.2. The van der Waals surface area contributed by atoms with Gasteiger partial charge in [-0.1, -0.05) is 12.1 Å². The van der Waals surface area contributed by atoms with Gasteiger partial charge in [0.25, 0.3) is 5.91 Å². The number of piperazine rings is 1. The van der Waals surface area contributed by atoms with E-state index < -0.39 is 10.0 Å². The Morgan fingerprint density at radius 1 is 0.941 bits per heavy atom. The minimum Gasteiger partial charge on any atom is -0.340 e. The fraction of sp³-hybridized carbons (Fsp3) is 0.292. The number of amides is 2. The number of hydrogen-bond acceptors (Lipinski definition) is 5. The summed E-state index contributed by atoms with van der Waals surface area (Å²) in [6, 6.07) is 15.2. The molecule has 0 bridgehead atoms. The average molecular weight is 482 g/mol. The van der Waals surface area contributed by atoms with Gasteiger partial charge in [-0.15, -0.1) is 0 Å². The summed E-state index contributed by atoms with van der Waals surface area (Å²) >= 11 is 0. The van der Waals surface area contributed by atoms with Gasteiger partial charge < -0.3 is 10.2 Å². The number of aryl methyl sites for hydroxylation is 2. The van der Waals surface area contributed by atoms with E-state index in [9.17, 15) is 18.0 Å². The van der Waals surface area contributed by atoms with Crippen molar-refractivity contribution in [3.63, 3.8) is 0 Å². The summed E-state index contributed by atoms with van der Waals surface area (Å²) in [5.74, 6) is -0.417. The van der Waals surface area contributed by atoms with Gasteiger partial charge in [-0.2, -0.15) is 9.40 Å². The predicted octanol–water partition coefficient (Wildman–Crippen LogP) is 2.59. The number of para-hydroxylation sites is 2. The molecule has 34 heavy (non-hydrogen) atoms. The molecular weight excluding hydrogens is 454 g/mol. The predicted molar refractivity (Wildman–Crippen MR) is 128 cm³/mol. The first kappa shape index (κ1) is 23.7. The van der Waals surface area contributed by atoms with Crippen LogP contribution in [0.25, 0.3) is 5.69 Å². The van der Waals surface area contributed by atoms with Gasteiger partial charge in [-0.05, 0) is 56.3 Å². The molecule has 9 nitrogen and oxygen atoms in total. The molecule has 0 radical (unpaired) electrons. The van der Waals surface area contributed by atoms with Gasteiger partial charge in [0.1, 0.15) is 0 Å². The molecule has 3 aromatic rings. The molecule has 0 saturated carbocycles. The Balaban J connectivity index is 1.50. The van der Waals surface area contributed by atoms with Crippen LogP contribution in [0, 0.1) is 13.8 Å². The summed E-state index contributed by atoms with van der Waals surface area (Å²) in [4.78, 5) is 26.1. The maximum Gasteiger partial charge on any atom is 0.255 e. The standard InChI is InChI=1S/C24H27N5O4S/c1-17-16-18(2)29(26-17)23-7-5-4-6-22(23)25-24(31)20-8-10-21(11-9-20)34(32,33)28-14-12-27(13-15-28)19(3)30/h4-11,16H,12-15H2,1-3H3,(H,25,31). The molecule has 1 aliphatic heterocycles. The molecule has 10 heteroatoms. The van der Waals surface area contributed by atoms with Gasteiger partial charge in [0.2, 0.25) is 15.9 Å². The number of hydrogen-bond donors (Lipinski definition) is 1. The third-order valence-electron chi connectivity index (χ3n) is 5.83. The van der Waals surface area contributed by atoms with E-state index >= 15 is 0 Å². The maximum atomic E-state index is 13.0. The first-order chi connectivity index (χ1) is 16.2. The highest BCUT2D eigenvalue weighted by molar-refractivity contribution is 7.89. The van der Waals surface area contributed by atoms with Crippen LogP contribution in [0.4, 0.5) is 5.69 Å². The largest absolute Gasteiger partial charge is 0.340 e. The van der Waals surface area contributed by atoms with Crippen molar-refractivity contribution in [3.8, 4) is 5.69 Å². The molecular formula is C24H27N5O4S. The van der Waals surface area contributed by atoms with Crippen LogP contribution in [0.3, 0.4) is 0 Å². The van der Waals surface area contributed by atoms with Crippen molar-refractivity contribution in [1.29, 1.82) is 0 Å². The second kappa shape index (κ2) is 9.40. The van der Waals surface area contributed by atoms with Gasteiger partial charge in [0.05, 0.1) is 22.0 Å². The summed E-state index contributed by atoms with van der Waals surface area (Å²) in [5, 5.41) is 7.39.